The van der Waals surface area contributed by atoms with Crippen molar-refractivity contribution < 1.29 is 9.59 Å². The Morgan fingerprint density at radius 3 is 2.48 bits per heavy atom. The Morgan fingerprint density at radius 1 is 1.10 bits per heavy atom. The molecule has 1 aliphatic carbocycles. The van der Waals surface area contributed by atoms with Crippen molar-refractivity contribution in [2.45, 2.75) is 46.5 Å². The van der Waals surface area contributed by atoms with E-state index in [4.69, 9.17) is 16.6 Å². The molecule has 0 bridgehead atoms. The highest BCUT2D eigenvalue weighted by atomic mass is 35.5. The van der Waals surface area contributed by atoms with Crippen molar-refractivity contribution in [3.63, 3.8) is 0 Å². The summed E-state index contributed by atoms with van der Waals surface area (Å²) < 4.78 is 0. The largest absolute Gasteiger partial charge is 0.310 e. The Hall–Kier alpha value is -2.79. The minimum absolute atomic E-state index is 0.0638. The molecule has 160 valence electrons. The van der Waals surface area contributed by atoms with E-state index in [1.165, 1.54) is 0 Å². The molecule has 31 heavy (non-hydrogen) atoms. The first-order chi connectivity index (χ1) is 14.6. The summed E-state index contributed by atoms with van der Waals surface area (Å²) in [7, 11) is 0. The summed E-state index contributed by atoms with van der Waals surface area (Å²) in [6.07, 6.45) is 1.15. The molecule has 4 rings (SSSR count). The van der Waals surface area contributed by atoms with Crippen LogP contribution in [0.4, 0.5) is 5.82 Å². The van der Waals surface area contributed by atoms with E-state index in [9.17, 15) is 9.59 Å². The van der Waals surface area contributed by atoms with Gasteiger partial charge in [0, 0.05) is 40.0 Å². The van der Waals surface area contributed by atoms with Gasteiger partial charge in [0.15, 0.2) is 5.78 Å². The molecule has 5 nitrogen and oxygen atoms in total. The van der Waals surface area contributed by atoms with Crippen molar-refractivity contribution in [2.75, 3.05) is 5.32 Å². The summed E-state index contributed by atoms with van der Waals surface area (Å²) in [5.74, 6) is -0.675. The van der Waals surface area contributed by atoms with Gasteiger partial charge >= 0.3 is 0 Å². The van der Waals surface area contributed by atoms with Crippen molar-refractivity contribution >= 4 is 34.8 Å². The molecule has 0 spiro atoms. The van der Waals surface area contributed by atoms with Crippen LogP contribution in [-0.2, 0) is 9.59 Å². The average molecular weight is 436 g/mol. The number of nitrogens with zero attached hydrogens (tertiary/aromatic N) is 2. The van der Waals surface area contributed by atoms with Crippen LogP contribution in [0.2, 0.25) is 5.02 Å². The topological polar surface area (TPSA) is 71.4 Å². The number of anilines is 1. The lowest BCUT2D eigenvalue weighted by Gasteiger charge is -2.39. The lowest BCUT2D eigenvalue weighted by molar-refractivity contribution is -0.119. The molecule has 1 aromatic carbocycles. The maximum atomic E-state index is 13.5. The van der Waals surface area contributed by atoms with Crippen LogP contribution in [0.15, 0.2) is 58.7 Å². The number of hydrogen-bond donors (Lipinski definition) is 1. The van der Waals surface area contributed by atoms with Gasteiger partial charge in [-0.15, -0.1) is 0 Å². The third-order valence-electron chi connectivity index (χ3n) is 5.95. The maximum absolute atomic E-state index is 13.5. The number of benzene rings is 1. The minimum Gasteiger partial charge on any atom is -0.310 e. The zero-order valence-corrected chi connectivity index (χ0v) is 19.0. The number of halogens is 1. The van der Waals surface area contributed by atoms with Crippen LogP contribution in [0, 0.1) is 18.3 Å². The molecule has 2 heterocycles. The van der Waals surface area contributed by atoms with E-state index in [-0.39, 0.29) is 17.1 Å². The highest BCUT2D eigenvalue weighted by molar-refractivity contribution is 6.30. The van der Waals surface area contributed by atoms with Crippen molar-refractivity contribution in [3.05, 3.63) is 70.0 Å². The first-order valence-corrected chi connectivity index (χ1v) is 10.8. The Kier molecular flexibility index (Phi) is 5.56. The molecule has 2 aliphatic rings. The zero-order valence-electron chi connectivity index (χ0n) is 18.2. The van der Waals surface area contributed by atoms with Gasteiger partial charge in [0.25, 0.3) is 0 Å². The summed E-state index contributed by atoms with van der Waals surface area (Å²) in [5.41, 5.74) is 3.72. The van der Waals surface area contributed by atoms with Crippen LogP contribution in [-0.4, -0.2) is 22.4 Å². The number of hydrogen-bond acceptors (Lipinski definition) is 4. The second kappa shape index (κ2) is 8.04. The van der Waals surface area contributed by atoms with Gasteiger partial charge < -0.3 is 5.32 Å². The predicted molar refractivity (Wildman–Crippen MR) is 123 cm³/mol. The fraction of sp³-hybridized carbons (Fsp3) is 0.360. The van der Waals surface area contributed by atoms with Crippen molar-refractivity contribution in [2.24, 2.45) is 16.3 Å². The van der Waals surface area contributed by atoms with Gasteiger partial charge in [-0.25, -0.2) is 4.98 Å². The molecule has 6 heteroatoms. The van der Waals surface area contributed by atoms with E-state index in [2.05, 4.69) is 24.1 Å². The summed E-state index contributed by atoms with van der Waals surface area (Å²) >= 11 is 6.11. The standard InChI is InChI=1S/C25H26ClN3O2/c1-14-6-5-7-20(27-14)29-24(31)21-15(2)28-18-12-25(3,4)13-19(30)23(18)22(21)16-8-10-17(26)11-9-16/h5-11,21-22H,12-13H2,1-4H3,(H,27,29,31)/t21?,22-/m0/s1. The number of aliphatic imine (C=N–C) groups is 1. The number of carbonyl (C=O) groups excluding carboxylic acids is 2. The van der Waals surface area contributed by atoms with Gasteiger partial charge in [0.1, 0.15) is 5.82 Å². The van der Waals surface area contributed by atoms with E-state index in [1.807, 2.05) is 38.1 Å². The second-order valence-electron chi connectivity index (χ2n) is 9.21. The van der Waals surface area contributed by atoms with Gasteiger partial charge in [0.05, 0.1) is 5.92 Å². The third kappa shape index (κ3) is 4.33. The fourth-order valence-corrected chi connectivity index (χ4v) is 4.76. The minimum atomic E-state index is -0.604. The molecule has 1 N–H and O–H groups in total. The van der Waals surface area contributed by atoms with Gasteiger partial charge in [-0.1, -0.05) is 43.6 Å². The smallest absolute Gasteiger partial charge is 0.235 e. The first kappa shape index (κ1) is 21.4. The van der Waals surface area contributed by atoms with E-state index < -0.39 is 11.8 Å². The summed E-state index contributed by atoms with van der Waals surface area (Å²) in [6.45, 7) is 7.91. The SMILES string of the molecule is CC1=NC2=C(C(=O)CC(C)(C)C2)[C@@H](c2ccc(Cl)cc2)C1C(=O)Nc1cccc(C)n1. The molecule has 2 aromatic rings. The number of pyridine rings is 1. The van der Waals surface area contributed by atoms with Crippen molar-refractivity contribution in [1.82, 2.24) is 4.98 Å². The molecular weight excluding hydrogens is 410 g/mol. The molecule has 1 amide bonds. The Morgan fingerprint density at radius 2 is 1.81 bits per heavy atom. The van der Waals surface area contributed by atoms with Crippen LogP contribution < -0.4 is 5.32 Å². The number of ketones is 1. The normalized spacial score (nSPS) is 22.6. The van der Waals surface area contributed by atoms with Crippen LogP contribution in [0.1, 0.15) is 50.8 Å². The number of nitrogens with one attached hydrogen (secondary N) is 1. The number of aryl methyl sites for hydroxylation is 1. The molecule has 0 saturated carbocycles. The monoisotopic (exact) mass is 435 g/mol. The maximum Gasteiger partial charge on any atom is 0.235 e. The predicted octanol–water partition coefficient (Wildman–Crippen LogP) is 5.50. The summed E-state index contributed by atoms with van der Waals surface area (Å²) in [5, 5.41) is 3.54. The Bertz CT molecular complexity index is 1120. The first-order valence-electron chi connectivity index (χ1n) is 10.5. The molecular formula is C25H26ClN3O2. The van der Waals surface area contributed by atoms with Crippen LogP contribution in [0.5, 0.6) is 0 Å². The Labute approximate surface area is 187 Å². The zero-order chi connectivity index (χ0) is 22.3. The summed E-state index contributed by atoms with van der Waals surface area (Å²) in [6, 6.07) is 12.9. The quantitative estimate of drug-likeness (QED) is 0.691. The fourth-order valence-electron chi connectivity index (χ4n) is 4.63. The Balaban J connectivity index is 1.79. The number of Topliss-reactive ketones (excluding diaryl/α,β-unsaturated/α-hetero) is 1. The van der Waals surface area contributed by atoms with E-state index in [0.717, 1.165) is 17.0 Å². The molecule has 1 aromatic heterocycles. The lowest BCUT2D eigenvalue weighted by Crippen LogP contribution is -2.41. The molecule has 1 unspecified atom stereocenters. The number of allylic oxidation sites excluding steroid dienone is 2. The number of aromatic nitrogens is 1. The lowest BCUT2D eigenvalue weighted by atomic mass is 9.66. The molecule has 0 fully saturated rings. The van der Waals surface area contributed by atoms with Crippen molar-refractivity contribution in [1.29, 1.82) is 0 Å². The van der Waals surface area contributed by atoms with Gasteiger partial charge in [-0.05, 0) is 55.5 Å². The number of carbonyl (C=O) groups is 2. The summed E-state index contributed by atoms with van der Waals surface area (Å²) in [4.78, 5) is 35.9. The van der Waals surface area contributed by atoms with Gasteiger partial charge in [-0.3, -0.25) is 14.6 Å². The van der Waals surface area contributed by atoms with E-state index >= 15 is 0 Å². The third-order valence-corrected chi connectivity index (χ3v) is 6.21. The van der Waals surface area contributed by atoms with Crippen LogP contribution in [0.3, 0.4) is 0 Å². The van der Waals surface area contributed by atoms with Gasteiger partial charge in [0.2, 0.25) is 5.91 Å². The van der Waals surface area contributed by atoms with Crippen molar-refractivity contribution in [3.8, 4) is 0 Å². The van der Waals surface area contributed by atoms with Crippen LogP contribution >= 0.6 is 11.6 Å². The number of amides is 1. The average Bonchev–Trinajstić information content (AvgIpc) is 2.66. The van der Waals surface area contributed by atoms with Gasteiger partial charge in [-0.2, -0.15) is 0 Å². The molecule has 2 atom stereocenters. The molecule has 0 saturated heterocycles. The highest BCUT2D eigenvalue weighted by Crippen LogP contribution is 2.47. The highest BCUT2D eigenvalue weighted by Gasteiger charge is 2.45. The molecule has 0 radical (unpaired) electrons. The van der Waals surface area contributed by atoms with E-state index in [0.29, 0.717) is 35.0 Å². The molecule has 1 aliphatic heterocycles. The second-order valence-corrected chi connectivity index (χ2v) is 9.65. The van der Waals surface area contributed by atoms with E-state index in [1.54, 1.807) is 18.2 Å². The number of rotatable bonds is 3. The van der Waals surface area contributed by atoms with Crippen LogP contribution in [0.25, 0.3) is 0 Å².